The van der Waals surface area contributed by atoms with Crippen LogP contribution in [0, 0.1) is 0 Å². The lowest BCUT2D eigenvalue weighted by molar-refractivity contribution is -0.139. The van der Waals surface area contributed by atoms with Crippen LogP contribution in [0.5, 0.6) is 0 Å². The molecule has 1 amide bonds. The molecule has 0 spiro atoms. The van der Waals surface area contributed by atoms with E-state index in [1.54, 1.807) is 0 Å². The first-order chi connectivity index (χ1) is 13.0. The van der Waals surface area contributed by atoms with Gasteiger partial charge in [0.25, 0.3) is 5.91 Å². The van der Waals surface area contributed by atoms with Gasteiger partial charge >= 0.3 is 11.9 Å². The summed E-state index contributed by atoms with van der Waals surface area (Å²) >= 11 is 0. The van der Waals surface area contributed by atoms with Crippen LogP contribution in [0.25, 0.3) is 10.8 Å². The normalized spacial score (nSPS) is 11.7. The molecule has 0 aromatic heterocycles. The van der Waals surface area contributed by atoms with E-state index in [-0.39, 0.29) is 17.5 Å². The summed E-state index contributed by atoms with van der Waals surface area (Å²) in [6.45, 7) is 0. The summed E-state index contributed by atoms with van der Waals surface area (Å²) in [5, 5.41) is 23.1. The van der Waals surface area contributed by atoms with Crippen LogP contribution in [0.15, 0.2) is 66.7 Å². The van der Waals surface area contributed by atoms with Gasteiger partial charge in [-0.25, -0.2) is 9.59 Å². The van der Waals surface area contributed by atoms with E-state index in [4.69, 9.17) is 0 Å². The number of fused-ring (bicyclic) bond motifs is 1. The molecule has 3 aromatic carbocycles. The molecule has 0 fully saturated rings. The van der Waals surface area contributed by atoms with Crippen molar-refractivity contribution < 1.29 is 24.6 Å². The lowest BCUT2D eigenvalue weighted by Crippen LogP contribution is -2.42. The summed E-state index contributed by atoms with van der Waals surface area (Å²) < 4.78 is 0. The summed E-state index contributed by atoms with van der Waals surface area (Å²) in [4.78, 5) is 35.5. The van der Waals surface area contributed by atoms with Gasteiger partial charge in [0, 0.05) is 6.42 Å². The summed E-state index contributed by atoms with van der Waals surface area (Å²) in [5.74, 6) is -3.17. The Morgan fingerprint density at radius 3 is 2.15 bits per heavy atom. The molecule has 1 atom stereocenters. The number of aromatic carboxylic acids is 1. The van der Waals surface area contributed by atoms with Crippen molar-refractivity contribution in [3.63, 3.8) is 0 Å². The van der Waals surface area contributed by atoms with E-state index in [0.717, 1.165) is 16.3 Å². The molecule has 0 saturated carbocycles. The van der Waals surface area contributed by atoms with Gasteiger partial charge in [0.15, 0.2) is 0 Å². The van der Waals surface area contributed by atoms with Crippen LogP contribution >= 0.6 is 0 Å². The number of aliphatic carboxylic acids is 1. The Hall–Kier alpha value is -3.67. The third-order valence-electron chi connectivity index (χ3n) is 4.31. The van der Waals surface area contributed by atoms with Gasteiger partial charge in [-0.3, -0.25) is 4.79 Å². The van der Waals surface area contributed by atoms with Gasteiger partial charge in [-0.15, -0.1) is 0 Å². The molecule has 0 saturated heterocycles. The van der Waals surface area contributed by atoms with Crippen molar-refractivity contribution >= 4 is 28.6 Å². The van der Waals surface area contributed by atoms with Crippen molar-refractivity contribution in [2.45, 2.75) is 12.5 Å². The number of hydrogen-bond acceptors (Lipinski definition) is 3. The Bertz CT molecular complexity index is 1020. The first kappa shape index (κ1) is 18.1. The highest BCUT2D eigenvalue weighted by atomic mass is 16.4. The Labute approximate surface area is 155 Å². The Kier molecular flexibility index (Phi) is 5.17. The number of amides is 1. The van der Waals surface area contributed by atoms with Crippen LogP contribution in [0.4, 0.5) is 0 Å². The predicted octanol–water partition coefficient (Wildman–Crippen LogP) is 2.96. The van der Waals surface area contributed by atoms with Crippen molar-refractivity contribution in [3.05, 3.63) is 83.4 Å². The molecular weight excluding hydrogens is 346 g/mol. The minimum Gasteiger partial charge on any atom is -0.480 e. The van der Waals surface area contributed by atoms with Gasteiger partial charge in [0.2, 0.25) is 0 Å². The van der Waals surface area contributed by atoms with E-state index >= 15 is 0 Å². The SMILES string of the molecule is O=C(O)c1ccccc1C(=O)NC(Cc1cccc2ccccc12)C(=O)O. The summed E-state index contributed by atoms with van der Waals surface area (Å²) in [6, 6.07) is 17.7. The maximum atomic E-state index is 12.5. The van der Waals surface area contributed by atoms with Crippen LogP contribution in [-0.2, 0) is 11.2 Å². The molecule has 6 nitrogen and oxygen atoms in total. The first-order valence-electron chi connectivity index (χ1n) is 8.30. The molecule has 3 aromatic rings. The van der Waals surface area contributed by atoms with Gasteiger partial charge < -0.3 is 15.5 Å². The van der Waals surface area contributed by atoms with Crippen LogP contribution < -0.4 is 5.32 Å². The van der Waals surface area contributed by atoms with Crippen LogP contribution in [0.3, 0.4) is 0 Å². The smallest absolute Gasteiger partial charge is 0.336 e. The van der Waals surface area contributed by atoms with Crippen LogP contribution in [0.1, 0.15) is 26.3 Å². The highest BCUT2D eigenvalue weighted by molar-refractivity contribution is 6.05. The lowest BCUT2D eigenvalue weighted by Gasteiger charge is -2.16. The number of benzene rings is 3. The topological polar surface area (TPSA) is 104 Å². The van der Waals surface area contributed by atoms with E-state index in [9.17, 15) is 24.6 Å². The minimum atomic E-state index is -1.25. The minimum absolute atomic E-state index is 0.0748. The van der Waals surface area contributed by atoms with Gasteiger partial charge in [0.1, 0.15) is 6.04 Å². The second-order valence-corrected chi connectivity index (χ2v) is 6.06. The van der Waals surface area contributed by atoms with E-state index in [1.165, 1.54) is 24.3 Å². The van der Waals surface area contributed by atoms with Gasteiger partial charge in [0.05, 0.1) is 11.1 Å². The summed E-state index contributed by atoms with van der Waals surface area (Å²) in [7, 11) is 0. The molecule has 0 aliphatic carbocycles. The fourth-order valence-electron chi connectivity index (χ4n) is 2.99. The number of rotatable bonds is 6. The first-order valence-corrected chi connectivity index (χ1v) is 8.30. The molecular formula is C21H17NO5. The zero-order valence-electron chi connectivity index (χ0n) is 14.3. The fourth-order valence-corrected chi connectivity index (χ4v) is 2.99. The zero-order chi connectivity index (χ0) is 19.4. The Morgan fingerprint density at radius 1 is 0.815 bits per heavy atom. The van der Waals surface area contributed by atoms with Gasteiger partial charge in [-0.2, -0.15) is 0 Å². The number of nitrogens with one attached hydrogen (secondary N) is 1. The van der Waals surface area contributed by atoms with Crippen LogP contribution in [0.2, 0.25) is 0 Å². The van der Waals surface area contributed by atoms with Crippen LogP contribution in [-0.4, -0.2) is 34.1 Å². The molecule has 0 bridgehead atoms. The number of carbonyl (C=O) groups excluding carboxylic acids is 1. The monoisotopic (exact) mass is 363 g/mol. The van der Waals surface area contributed by atoms with Crippen molar-refractivity contribution in [2.75, 3.05) is 0 Å². The van der Waals surface area contributed by atoms with Crippen molar-refractivity contribution in [1.29, 1.82) is 0 Å². The number of hydrogen-bond donors (Lipinski definition) is 3. The van der Waals surface area contributed by atoms with E-state index in [2.05, 4.69) is 5.32 Å². The molecule has 0 heterocycles. The molecule has 6 heteroatoms. The van der Waals surface area contributed by atoms with Gasteiger partial charge in [-0.1, -0.05) is 54.6 Å². The number of carboxylic acid groups (broad SMARTS) is 2. The number of carbonyl (C=O) groups is 3. The Balaban J connectivity index is 1.88. The summed E-state index contributed by atoms with van der Waals surface area (Å²) in [5.41, 5.74) is 0.533. The van der Waals surface area contributed by atoms with Gasteiger partial charge in [-0.05, 0) is 28.5 Å². The third kappa shape index (κ3) is 3.95. The van der Waals surface area contributed by atoms with E-state index in [0.29, 0.717) is 0 Å². The molecule has 0 radical (unpaired) electrons. The molecule has 3 N–H and O–H groups in total. The maximum Gasteiger partial charge on any atom is 0.336 e. The largest absolute Gasteiger partial charge is 0.480 e. The second-order valence-electron chi connectivity index (χ2n) is 6.06. The average Bonchev–Trinajstić information content (AvgIpc) is 2.67. The molecule has 27 heavy (non-hydrogen) atoms. The van der Waals surface area contributed by atoms with Crippen molar-refractivity contribution in [1.82, 2.24) is 5.32 Å². The molecule has 136 valence electrons. The molecule has 1 unspecified atom stereocenters. The predicted molar refractivity (Wildman–Crippen MR) is 99.9 cm³/mol. The summed E-state index contributed by atoms with van der Waals surface area (Å²) in [6.07, 6.45) is 0.0810. The van der Waals surface area contributed by atoms with Crippen molar-refractivity contribution in [3.8, 4) is 0 Å². The Morgan fingerprint density at radius 2 is 1.44 bits per heavy atom. The maximum absolute atomic E-state index is 12.5. The van der Waals surface area contributed by atoms with E-state index < -0.39 is 23.9 Å². The highest BCUT2D eigenvalue weighted by Crippen LogP contribution is 2.20. The fraction of sp³-hybridized carbons (Fsp3) is 0.0952. The third-order valence-corrected chi connectivity index (χ3v) is 4.31. The zero-order valence-corrected chi connectivity index (χ0v) is 14.3. The van der Waals surface area contributed by atoms with E-state index in [1.807, 2.05) is 42.5 Å². The molecule has 3 rings (SSSR count). The quantitative estimate of drug-likeness (QED) is 0.625. The molecule has 0 aliphatic heterocycles. The molecule has 0 aliphatic rings. The second kappa shape index (κ2) is 7.70. The highest BCUT2D eigenvalue weighted by Gasteiger charge is 2.24. The average molecular weight is 363 g/mol. The van der Waals surface area contributed by atoms with Crippen molar-refractivity contribution in [2.24, 2.45) is 0 Å². The standard InChI is InChI=1S/C21H17NO5/c23-19(16-10-3-4-11-17(16)20(24)25)22-18(21(26)27)12-14-8-5-7-13-6-1-2-9-15(13)14/h1-11,18H,12H2,(H,22,23)(H,24,25)(H,26,27). The number of carboxylic acids is 2. The lowest BCUT2D eigenvalue weighted by atomic mass is 9.98.